The molecule has 2 N–H and O–H groups in total. The Morgan fingerprint density at radius 2 is 1.58 bits per heavy atom. The minimum absolute atomic E-state index is 0.116. The van der Waals surface area contributed by atoms with E-state index in [4.69, 9.17) is 14.2 Å². The molecule has 2 aromatic rings. The Hall–Kier alpha value is -3.22. The molecule has 0 aliphatic carbocycles. The van der Waals surface area contributed by atoms with Crippen LogP contribution >= 0.6 is 0 Å². The third-order valence-electron chi connectivity index (χ3n) is 2.95. The molecule has 0 bridgehead atoms. The number of methoxy groups -OCH3 is 1. The molecule has 7 heteroatoms. The Morgan fingerprint density at radius 3 is 2.25 bits per heavy atom. The van der Waals surface area contributed by atoms with Crippen molar-refractivity contribution in [2.45, 2.75) is 6.61 Å². The lowest BCUT2D eigenvalue weighted by molar-refractivity contribution is -0.124. The van der Waals surface area contributed by atoms with Crippen molar-refractivity contribution in [2.24, 2.45) is 0 Å². The van der Waals surface area contributed by atoms with Crippen molar-refractivity contribution < 1.29 is 23.8 Å². The monoisotopic (exact) mass is 330 g/mol. The molecular formula is C17H18N2O5. The summed E-state index contributed by atoms with van der Waals surface area (Å²) in [6, 6.07) is 16.0. The van der Waals surface area contributed by atoms with E-state index in [1.807, 2.05) is 30.3 Å². The summed E-state index contributed by atoms with van der Waals surface area (Å²) in [5.41, 5.74) is 5.19. The Labute approximate surface area is 139 Å². The predicted octanol–water partition coefficient (Wildman–Crippen LogP) is 2.03. The Bertz CT molecular complexity index is 658. The van der Waals surface area contributed by atoms with Gasteiger partial charge in [0.2, 0.25) is 0 Å². The van der Waals surface area contributed by atoms with Gasteiger partial charge in [-0.25, -0.2) is 10.2 Å². The van der Waals surface area contributed by atoms with Gasteiger partial charge in [-0.1, -0.05) is 30.3 Å². The predicted molar refractivity (Wildman–Crippen MR) is 86.4 cm³/mol. The molecular weight excluding hydrogens is 312 g/mol. The largest absolute Gasteiger partial charge is 0.497 e. The van der Waals surface area contributed by atoms with Gasteiger partial charge in [-0.3, -0.25) is 10.2 Å². The maximum atomic E-state index is 11.6. The third kappa shape index (κ3) is 5.88. The minimum Gasteiger partial charge on any atom is -0.497 e. The zero-order valence-corrected chi connectivity index (χ0v) is 13.2. The molecule has 0 heterocycles. The summed E-state index contributed by atoms with van der Waals surface area (Å²) in [6.45, 7) is -0.129. The number of carbonyl (C=O) groups excluding carboxylic acids is 2. The van der Waals surface area contributed by atoms with Gasteiger partial charge in [0, 0.05) is 0 Å². The van der Waals surface area contributed by atoms with Crippen molar-refractivity contribution in [2.75, 3.05) is 13.7 Å². The average molecular weight is 330 g/mol. The van der Waals surface area contributed by atoms with E-state index in [1.54, 1.807) is 31.4 Å². The van der Waals surface area contributed by atoms with Crippen LogP contribution in [0.5, 0.6) is 11.5 Å². The Morgan fingerprint density at radius 1 is 0.917 bits per heavy atom. The summed E-state index contributed by atoms with van der Waals surface area (Å²) in [4.78, 5) is 23.0. The second-order valence-electron chi connectivity index (χ2n) is 4.70. The molecule has 0 fully saturated rings. The zero-order chi connectivity index (χ0) is 17.2. The first-order valence-electron chi connectivity index (χ1n) is 7.20. The second kappa shape index (κ2) is 9.04. The van der Waals surface area contributed by atoms with Crippen molar-refractivity contribution in [3.63, 3.8) is 0 Å². The lowest BCUT2D eigenvalue weighted by atomic mass is 10.2. The quantitative estimate of drug-likeness (QED) is 0.792. The van der Waals surface area contributed by atoms with Gasteiger partial charge in [-0.2, -0.15) is 0 Å². The first-order valence-corrected chi connectivity index (χ1v) is 7.20. The zero-order valence-electron chi connectivity index (χ0n) is 13.2. The minimum atomic E-state index is -0.753. The molecule has 2 rings (SSSR count). The maximum Gasteiger partial charge on any atom is 0.426 e. The van der Waals surface area contributed by atoms with Gasteiger partial charge in [0.25, 0.3) is 5.91 Å². The lowest BCUT2D eigenvalue weighted by Gasteiger charge is -2.09. The van der Waals surface area contributed by atoms with Crippen LogP contribution in [0.1, 0.15) is 5.56 Å². The van der Waals surface area contributed by atoms with E-state index in [2.05, 4.69) is 10.9 Å². The highest BCUT2D eigenvalue weighted by atomic mass is 16.6. The van der Waals surface area contributed by atoms with Crippen molar-refractivity contribution in [3.05, 3.63) is 60.2 Å². The number of hydrogen-bond donors (Lipinski definition) is 2. The number of benzene rings is 2. The normalized spacial score (nSPS) is 9.71. The van der Waals surface area contributed by atoms with Crippen molar-refractivity contribution in [1.29, 1.82) is 0 Å². The SMILES string of the molecule is COc1ccc(OCC(=O)NNC(=O)OCc2ccccc2)cc1. The fraction of sp³-hybridized carbons (Fsp3) is 0.176. The van der Waals surface area contributed by atoms with Crippen LogP contribution in [-0.2, 0) is 16.1 Å². The first-order chi connectivity index (χ1) is 11.7. The number of ether oxygens (including phenoxy) is 3. The molecule has 2 aromatic carbocycles. The van der Waals surface area contributed by atoms with Gasteiger partial charge in [0.05, 0.1) is 7.11 Å². The van der Waals surface area contributed by atoms with E-state index in [-0.39, 0.29) is 13.2 Å². The standard InChI is InChI=1S/C17H18N2O5/c1-22-14-7-9-15(10-8-14)23-12-16(20)18-19-17(21)24-11-13-5-3-2-4-6-13/h2-10H,11-12H2,1H3,(H,18,20)(H,19,21). The highest BCUT2D eigenvalue weighted by Crippen LogP contribution is 2.16. The van der Waals surface area contributed by atoms with Crippen LogP contribution in [0.2, 0.25) is 0 Å². The van der Waals surface area contributed by atoms with E-state index < -0.39 is 12.0 Å². The van der Waals surface area contributed by atoms with E-state index in [1.165, 1.54) is 0 Å². The Kier molecular flexibility index (Phi) is 6.46. The van der Waals surface area contributed by atoms with Gasteiger partial charge < -0.3 is 14.2 Å². The summed E-state index contributed by atoms with van der Waals surface area (Å²) in [6.07, 6.45) is -0.753. The average Bonchev–Trinajstić information content (AvgIpc) is 2.64. The van der Waals surface area contributed by atoms with Crippen LogP contribution in [0.4, 0.5) is 4.79 Å². The summed E-state index contributed by atoms with van der Waals surface area (Å²) >= 11 is 0. The summed E-state index contributed by atoms with van der Waals surface area (Å²) in [5.74, 6) is 0.690. The summed E-state index contributed by atoms with van der Waals surface area (Å²) in [7, 11) is 1.56. The van der Waals surface area contributed by atoms with Gasteiger partial charge in [-0.05, 0) is 29.8 Å². The van der Waals surface area contributed by atoms with E-state index in [9.17, 15) is 9.59 Å². The molecule has 0 radical (unpaired) electrons. The van der Waals surface area contributed by atoms with Crippen LogP contribution in [0.3, 0.4) is 0 Å². The van der Waals surface area contributed by atoms with Gasteiger partial charge in [0.15, 0.2) is 6.61 Å². The number of nitrogens with one attached hydrogen (secondary N) is 2. The molecule has 0 aromatic heterocycles. The lowest BCUT2D eigenvalue weighted by Crippen LogP contribution is -2.44. The topological polar surface area (TPSA) is 85.9 Å². The number of hydrazine groups is 1. The summed E-state index contributed by atoms with van der Waals surface area (Å²) < 4.78 is 15.2. The molecule has 0 aliphatic heterocycles. The van der Waals surface area contributed by atoms with Crippen LogP contribution in [0, 0.1) is 0 Å². The van der Waals surface area contributed by atoms with Crippen molar-refractivity contribution in [3.8, 4) is 11.5 Å². The van der Waals surface area contributed by atoms with Crippen LogP contribution in [0.25, 0.3) is 0 Å². The summed E-state index contributed by atoms with van der Waals surface area (Å²) in [5, 5.41) is 0. The highest BCUT2D eigenvalue weighted by Gasteiger charge is 2.06. The van der Waals surface area contributed by atoms with Crippen LogP contribution in [-0.4, -0.2) is 25.7 Å². The van der Waals surface area contributed by atoms with E-state index in [0.717, 1.165) is 5.56 Å². The van der Waals surface area contributed by atoms with Gasteiger partial charge >= 0.3 is 6.09 Å². The van der Waals surface area contributed by atoms with E-state index >= 15 is 0 Å². The van der Waals surface area contributed by atoms with E-state index in [0.29, 0.717) is 11.5 Å². The Balaban J connectivity index is 1.64. The third-order valence-corrected chi connectivity index (χ3v) is 2.95. The molecule has 7 nitrogen and oxygen atoms in total. The molecule has 0 aliphatic rings. The fourth-order valence-electron chi connectivity index (χ4n) is 1.74. The fourth-order valence-corrected chi connectivity index (χ4v) is 1.74. The molecule has 0 saturated carbocycles. The molecule has 0 saturated heterocycles. The van der Waals surface area contributed by atoms with Crippen molar-refractivity contribution >= 4 is 12.0 Å². The smallest absolute Gasteiger partial charge is 0.426 e. The van der Waals surface area contributed by atoms with Crippen molar-refractivity contribution in [1.82, 2.24) is 10.9 Å². The van der Waals surface area contributed by atoms with Gasteiger partial charge in [-0.15, -0.1) is 0 Å². The molecule has 2 amide bonds. The van der Waals surface area contributed by atoms with Gasteiger partial charge in [0.1, 0.15) is 18.1 Å². The molecule has 126 valence electrons. The molecule has 0 atom stereocenters. The number of carbonyl (C=O) groups is 2. The molecule has 24 heavy (non-hydrogen) atoms. The van der Waals surface area contributed by atoms with Crippen LogP contribution in [0.15, 0.2) is 54.6 Å². The molecule has 0 unspecified atom stereocenters. The number of hydrogen-bond acceptors (Lipinski definition) is 5. The maximum absolute atomic E-state index is 11.6. The highest BCUT2D eigenvalue weighted by molar-refractivity contribution is 5.80. The molecule has 0 spiro atoms. The number of rotatable bonds is 6. The number of amides is 2. The first kappa shape index (κ1) is 17.1. The van der Waals surface area contributed by atoms with Crippen LogP contribution < -0.4 is 20.3 Å². The second-order valence-corrected chi connectivity index (χ2v) is 4.70.